The summed E-state index contributed by atoms with van der Waals surface area (Å²) >= 11 is 0. The maximum absolute atomic E-state index is 12.7. The van der Waals surface area contributed by atoms with Crippen LogP contribution in [-0.2, 0) is 4.74 Å². The summed E-state index contributed by atoms with van der Waals surface area (Å²) in [7, 11) is 1.24. The summed E-state index contributed by atoms with van der Waals surface area (Å²) in [6, 6.07) is 19.4. The fourth-order valence-corrected chi connectivity index (χ4v) is 2.50. The monoisotopic (exact) mass is 376 g/mol. The molecule has 0 unspecified atom stereocenters. The van der Waals surface area contributed by atoms with Crippen molar-refractivity contribution in [3.05, 3.63) is 89.5 Å². The van der Waals surface area contributed by atoms with Gasteiger partial charge in [0, 0.05) is 0 Å². The fraction of sp³-hybridized carbons (Fsp3) is 0.0455. The van der Waals surface area contributed by atoms with Crippen LogP contribution in [0.4, 0.5) is 0 Å². The van der Waals surface area contributed by atoms with Crippen molar-refractivity contribution in [1.29, 1.82) is 0 Å². The van der Waals surface area contributed by atoms with Crippen molar-refractivity contribution in [3.8, 4) is 17.2 Å². The van der Waals surface area contributed by atoms with Crippen LogP contribution in [0.5, 0.6) is 17.2 Å². The maximum atomic E-state index is 12.7. The Bertz CT molecular complexity index is 1020. The van der Waals surface area contributed by atoms with E-state index in [-0.39, 0.29) is 22.6 Å². The van der Waals surface area contributed by atoms with Crippen LogP contribution < -0.4 is 9.47 Å². The number of carbonyl (C=O) groups is 3. The standard InChI is InChI=1S/C22H16O6/c1-26-21(24)16-9-3-7-13-20(16)28-22(25)17-10-4-6-12-19(17)27-18-11-5-2-8-15(18)14-23/h2-14H,1H3. The summed E-state index contributed by atoms with van der Waals surface area (Å²) in [5, 5.41) is 0. The topological polar surface area (TPSA) is 78.9 Å². The van der Waals surface area contributed by atoms with Crippen molar-refractivity contribution in [2.45, 2.75) is 0 Å². The van der Waals surface area contributed by atoms with Gasteiger partial charge in [-0.25, -0.2) is 9.59 Å². The SMILES string of the molecule is COC(=O)c1ccccc1OC(=O)c1ccccc1Oc1ccccc1C=O. The second-order valence-corrected chi connectivity index (χ2v) is 5.63. The molecule has 0 aliphatic heterocycles. The van der Waals surface area contributed by atoms with Crippen molar-refractivity contribution >= 4 is 18.2 Å². The van der Waals surface area contributed by atoms with Gasteiger partial charge in [0.05, 0.1) is 12.7 Å². The van der Waals surface area contributed by atoms with Crippen LogP contribution in [0.3, 0.4) is 0 Å². The second-order valence-electron chi connectivity index (χ2n) is 5.63. The van der Waals surface area contributed by atoms with Crippen LogP contribution >= 0.6 is 0 Å². The van der Waals surface area contributed by atoms with Crippen LogP contribution in [-0.4, -0.2) is 25.3 Å². The van der Waals surface area contributed by atoms with E-state index < -0.39 is 11.9 Å². The highest BCUT2D eigenvalue weighted by Gasteiger charge is 2.19. The van der Waals surface area contributed by atoms with Gasteiger partial charge in [0.15, 0.2) is 6.29 Å². The zero-order valence-electron chi connectivity index (χ0n) is 15.0. The first-order valence-electron chi connectivity index (χ1n) is 8.34. The number of aldehydes is 1. The van der Waals surface area contributed by atoms with E-state index in [9.17, 15) is 14.4 Å². The highest BCUT2D eigenvalue weighted by Crippen LogP contribution is 2.29. The molecule has 6 nitrogen and oxygen atoms in total. The zero-order chi connectivity index (χ0) is 19.9. The smallest absolute Gasteiger partial charge is 0.347 e. The third-order valence-corrected chi connectivity index (χ3v) is 3.87. The molecule has 3 aromatic carbocycles. The van der Waals surface area contributed by atoms with Crippen LogP contribution in [0, 0.1) is 0 Å². The molecule has 6 heteroatoms. The molecular weight excluding hydrogens is 360 g/mol. The lowest BCUT2D eigenvalue weighted by atomic mass is 10.1. The van der Waals surface area contributed by atoms with E-state index in [1.807, 2.05) is 0 Å². The highest BCUT2D eigenvalue weighted by molar-refractivity contribution is 5.97. The molecule has 3 rings (SSSR count). The average molecular weight is 376 g/mol. The molecule has 0 saturated heterocycles. The predicted molar refractivity (Wildman–Crippen MR) is 101 cm³/mol. The molecule has 3 aromatic rings. The van der Waals surface area contributed by atoms with E-state index in [2.05, 4.69) is 0 Å². The molecule has 0 fully saturated rings. The van der Waals surface area contributed by atoms with E-state index in [1.54, 1.807) is 54.6 Å². The van der Waals surface area contributed by atoms with Crippen molar-refractivity contribution in [2.75, 3.05) is 7.11 Å². The van der Waals surface area contributed by atoms with Gasteiger partial charge in [0.2, 0.25) is 0 Å². The van der Waals surface area contributed by atoms with Crippen molar-refractivity contribution in [1.82, 2.24) is 0 Å². The molecule has 0 atom stereocenters. The first-order valence-corrected chi connectivity index (χ1v) is 8.34. The van der Waals surface area contributed by atoms with E-state index in [1.165, 1.54) is 25.3 Å². The molecule has 0 amide bonds. The number of esters is 2. The third-order valence-electron chi connectivity index (χ3n) is 3.87. The molecule has 140 valence electrons. The molecule has 0 radical (unpaired) electrons. The minimum absolute atomic E-state index is 0.0717. The molecule has 0 aliphatic rings. The third kappa shape index (κ3) is 4.07. The van der Waals surface area contributed by atoms with Gasteiger partial charge in [-0.1, -0.05) is 36.4 Å². The molecule has 0 N–H and O–H groups in total. The van der Waals surface area contributed by atoms with Gasteiger partial charge >= 0.3 is 11.9 Å². The lowest BCUT2D eigenvalue weighted by Crippen LogP contribution is -2.13. The van der Waals surface area contributed by atoms with E-state index in [0.717, 1.165) is 0 Å². The van der Waals surface area contributed by atoms with Gasteiger partial charge in [-0.3, -0.25) is 4.79 Å². The number of rotatable bonds is 6. The first-order chi connectivity index (χ1) is 13.6. The number of carbonyl (C=O) groups excluding carboxylic acids is 3. The van der Waals surface area contributed by atoms with Gasteiger partial charge in [0.25, 0.3) is 0 Å². The van der Waals surface area contributed by atoms with Gasteiger partial charge < -0.3 is 14.2 Å². The summed E-state index contributed by atoms with van der Waals surface area (Å²) in [5.74, 6) is -0.726. The predicted octanol–water partition coefficient (Wildman–Crippen LogP) is 4.30. The normalized spacial score (nSPS) is 10.0. The summed E-state index contributed by atoms with van der Waals surface area (Å²) in [6.07, 6.45) is 0.670. The summed E-state index contributed by atoms with van der Waals surface area (Å²) < 4.78 is 15.9. The Morgan fingerprint density at radius 1 is 0.714 bits per heavy atom. The lowest BCUT2D eigenvalue weighted by molar-refractivity contribution is 0.0593. The Morgan fingerprint density at radius 2 is 1.25 bits per heavy atom. The van der Waals surface area contributed by atoms with Crippen LogP contribution in [0.15, 0.2) is 72.8 Å². The number of hydrogen-bond donors (Lipinski definition) is 0. The lowest BCUT2D eigenvalue weighted by Gasteiger charge is -2.13. The quantitative estimate of drug-likeness (QED) is 0.363. The van der Waals surface area contributed by atoms with Crippen molar-refractivity contribution < 1.29 is 28.6 Å². The zero-order valence-corrected chi connectivity index (χ0v) is 15.0. The van der Waals surface area contributed by atoms with E-state index in [0.29, 0.717) is 17.6 Å². The van der Waals surface area contributed by atoms with Gasteiger partial charge in [-0.05, 0) is 36.4 Å². The van der Waals surface area contributed by atoms with Crippen molar-refractivity contribution in [2.24, 2.45) is 0 Å². The largest absolute Gasteiger partial charge is 0.465 e. The first kappa shape index (κ1) is 18.8. The maximum Gasteiger partial charge on any atom is 0.347 e. The number of methoxy groups -OCH3 is 1. The Hall–Kier alpha value is -3.93. The summed E-state index contributed by atoms with van der Waals surface area (Å²) in [6.45, 7) is 0. The van der Waals surface area contributed by atoms with Crippen molar-refractivity contribution in [3.63, 3.8) is 0 Å². The fourth-order valence-electron chi connectivity index (χ4n) is 2.50. The van der Waals surface area contributed by atoms with Gasteiger partial charge in [-0.2, -0.15) is 0 Å². The Morgan fingerprint density at radius 3 is 1.89 bits per heavy atom. The highest BCUT2D eigenvalue weighted by atomic mass is 16.5. The number of benzene rings is 3. The molecule has 0 saturated carbocycles. The number of para-hydroxylation sites is 3. The second kappa shape index (κ2) is 8.64. The summed E-state index contributed by atoms with van der Waals surface area (Å²) in [4.78, 5) is 35.8. The Kier molecular flexibility index (Phi) is 5.81. The molecule has 0 spiro atoms. The number of ether oxygens (including phenoxy) is 3. The molecule has 0 aliphatic carbocycles. The van der Waals surface area contributed by atoms with Crippen LogP contribution in [0.2, 0.25) is 0 Å². The van der Waals surface area contributed by atoms with Crippen LogP contribution in [0.25, 0.3) is 0 Å². The van der Waals surface area contributed by atoms with Crippen LogP contribution in [0.1, 0.15) is 31.1 Å². The molecule has 0 heterocycles. The Labute approximate surface area is 161 Å². The van der Waals surface area contributed by atoms with Gasteiger partial charge in [0.1, 0.15) is 28.4 Å². The average Bonchev–Trinajstić information content (AvgIpc) is 2.74. The minimum Gasteiger partial charge on any atom is -0.465 e. The molecule has 28 heavy (non-hydrogen) atoms. The molecule has 0 bridgehead atoms. The van der Waals surface area contributed by atoms with Gasteiger partial charge in [-0.15, -0.1) is 0 Å². The van der Waals surface area contributed by atoms with E-state index >= 15 is 0 Å². The minimum atomic E-state index is -0.712. The Balaban J connectivity index is 1.90. The summed E-state index contributed by atoms with van der Waals surface area (Å²) in [5.41, 5.74) is 0.618. The molecule has 0 aromatic heterocycles. The molecular formula is C22H16O6. The number of hydrogen-bond acceptors (Lipinski definition) is 6. The van der Waals surface area contributed by atoms with E-state index in [4.69, 9.17) is 14.2 Å².